The van der Waals surface area contributed by atoms with Gasteiger partial charge in [0.05, 0.1) is 6.54 Å². The number of piperidine rings is 1. The van der Waals surface area contributed by atoms with Gasteiger partial charge in [0.25, 0.3) is 0 Å². The van der Waals surface area contributed by atoms with Crippen molar-refractivity contribution in [2.24, 2.45) is 11.7 Å². The van der Waals surface area contributed by atoms with Gasteiger partial charge in [0.2, 0.25) is 11.8 Å². The standard InChI is InChI=1S/C11H21N3O2/c1-14(8-10(12)15)11(16)3-2-9-4-6-13-7-5-9/h9,13H,2-8H2,1H3,(H2,12,15). The van der Waals surface area contributed by atoms with Crippen molar-refractivity contribution in [3.05, 3.63) is 0 Å². The first-order valence-corrected chi connectivity index (χ1v) is 5.82. The summed E-state index contributed by atoms with van der Waals surface area (Å²) in [6.07, 6.45) is 3.73. The fourth-order valence-corrected chi connectivity index (χ4v) is 2.01. The molecule has 1 heterocycles. The summed E-state index contributed by atoms with van der Waals surface area (Å²) in [7, 11) is 1.62. The number of carbonyl (C=O) groups is 2. The second-order valence-electron chi connectivity index (χ2n) is 4.45. The lowest BCUT2D eigenvalue weighted by Crippen LogP contribution is -2.35. The molecule has 16 heavy (non-hydrogen) atoms. The van der Waals surface area contributed by atoms with Gasteiger partial charge in [0.1, 0.15) is 0 Å². The van der Waals surface area contributed by atoms with Crippen molar-refractivity contribution < 1.29 is 9.59 Å². The maximum absolute atomic E-state index is 11.6. The first-order valence-electron chi connectivity index (χ1n) is 5.82. The quantitative estimate of drug-likeness (QED) is 0.677. The zero-order valence-corrected chi connectivity index (χ0v) is 9.87. The van der Waals surface area contributed by atoms with E-state index in [0.29, 0.717) is 12.3 Å². The fraction of sp³-hybridized carbons (Fsp3) is 0.818. The van der Waals surface area contributed by atoms with E-state index < -0.39 is 5.91 Å². The second kappa shape index (κ2) is 6.48. The molecule has 0 aromatic rings. The third-order valence-electron chi connectivity index (χ3n) is 3.04. The normalized spacial score (nSPS) is 17.1. The van der Waals surface area contributed by atoms with Crippen LogP contribution in [0.1, 0.15) is 25.7 Å². The van der Waals surface area contributed by atoms with Crippen LogP contribution in [0.2, 0.25) is 0 Å². The average Bonchev–Trinajstić information content (AvgIpc) is 2.26. The predicted molar refractivity (Wildman–Crippen MR) is 61.7 cm³/mol. The second-order valence-corrected chi connectivity index (χ2v) is 4.45. The number of hydrogen-bond donors (Lipinski definition) is 2. The highest BCUT2D eigenvalue weighted by atomic mass is 16.2. The van der Waals surface area contributed by atoms with Gasteiger partial charge in [-0.3, -0.25) is 9.59 Å². The van der Waals surface area contributed by atoms with Gasteiger partial charge < -0.3 is 16.0 Å². The Bertz CT molecular complexity index is 250. The molecule has 1 saturated heterocycles. The summed E-state index contributed by atoms with van der Waals surface area (Å²) in [4.78, 5) is 23.7. The van der Waals surface area contributed by atoms with E-state index in [1.807, 2.05) is 0 Å². The molecule has 2 amide bonds. The Labute approximate surface area is 96.4 Å². The minimum absolute atomic E-state index is 0.0114. The summed E-state index contributed by atoms with van der Waals surface area (Å²) in [5.74, 6) is 0.197. The van der Waals surface area contributed by atoms with Crippen molar-refractivity contribution >= 4 is 11.8 Å². The van der Waals surface area contributed by atoms with Gasteiger partial charge in [-0.2, -0.15) is 0 Å². The summed E-state index contributed by atoms with van der Waals surface area (Å²) in [5.41, 5.74) is 5.03. The molecule has 0 aliphatic carbocycles. The summed E-state index contributed by atoms with van der Waals surface area (Å²) in [5, 5.41) is 3.29. The molecule has 0 aromatic heterocycles. The summed E-state index contributed by atoms with van der Waals surface area (Å²) < 4.78 is 0. The minimum atomic E-state index is -0.460. The fourth-order valence-electron chi connectivity index (χ4n) is 2.01. The highest BCUT2D eigenvalue weighted by Crippen LogP contribution is 2.17. The van der Waals surface area contributed by atoms with Crippen LogP contribution in [0, 0.1) is 5.92 Å². The van der Waals surface area contributed by atoms with Gasteiger partial charge in [0, 0.05) is 13.5 Å². The Morgan fingerprint density at radius 3 is 2.56 bits per heavy atom. The van der Waals surface area contributed by atoms with Crippen LogP contribution < -0.4 is 11.1 Å². The molecule has 0 bridgehead atoms. The summed E-state index contributed by atoms with van der Waals surface area (Å²) >= 11 is 0. The Balaban J connectivity index is 2.20. The van der Waals surface area contributed by atoms with Crippen molar-refractivity contribution in [3.63, 3.8) is 0 Å². The minimum Gasteiger partial charge on any atom is -0.368 e. The van der Waals surface area contributed by atoms with E-state index in [2.05, 4.69) is 5.32 Å². The number of amides is 2. The summed E-state index contributed by atoms with van der Waals surface area (Å²) in [6, 6.07) is 0. The molecule has 1 aliphatic rings. The van der Waals surface area contributed by atoms with Gasteiger partial charge in [0.15, 0.2) is 0 Å². The molecule has 5 heteroatoms. The maximum Gasteiger partial charge on any atom is 0.237 e. The van der Waals surface area contributed by atoms with Crippen LogP contribution >= 0.6 is 0 Å². The zero-order chi connectivity index (χ0) is 12.0. The molecule has 0 radical (unpaired) electrons. The number of rotatable bonds is 5. The Morgan fingerprint density at radius 1 is 1.38 bits per heavy atom. The van der Waals surface area contributed by atoms with Gasteiger partial charge in [-0.1, -0.05) is 0 Å². The molecule has 92 valence electrons. The van der Waals surface area contributed by atoms with Crippen LogP contribution in [0.15, 0.2) is 0 Å². The third kappa shape index (κ3) is 4.61. The smallest absolute Gasteiger partial charge is 0.237 e. The molecular weight excluding hydrogens is 206 g/mol. The van der Waals surface area contributed by atoms with E-state index in [1.165, 1.54) is 4.90 Å². The van der Waals surface area contributed by atoms with Gasteiger partial charge in [-0.15, -0.1) is 0 Å². The van der Waals surface area contributed by atoms with Crippen LogP contribution in [0.3, 0.4) is 0 Å². The lowest BCUT2D eigenvalue weighted by molar-refractivity contribution is -0.134. The number of nitrogens with two attached hydrogens (primary N) is 1. The van der Waals surface area contributed by atoms with Crippen LogP contribution in [-0.4, -0.2) is 43.4 Å². The highest BCUT2D eigenvalue weighted by Gasteiger charge is 2.16. The Hall–Kier alpha value is -1.10. The van der Waals surface area contributed by atoms with E-state index in [0.717, 1.165) is 32.4 Å². The molecule has 0 aromatic carbocycles. The van der Waals surface area contributed by atoms with Crippen molar-refractivity contribution in [1.29, 1.82) is 0 Å². The van der Waals surface area contributed by atoms with Gasteiger partial charge >= 0.3 is 0 Å². The number of likely N-dealkylation sites (N-methyl/N-ethyl adjacent to an activating group) is 1. The molecule has 0 unspecified atom stereocenters. The third-order valence-corrected chi connectivity index (χ3v) is 3.04. The number of nitrogens with one attached hydrogen (secondary N) is 1. The summed E-state index contributed by atoms with van der Waals surface area (Å²) in [6.45, 7) is 2.12. The van der Waals surface area contributed by atoms with Crippen molar-refractivity contribution in [3.8, 4) is 0 Å². The zero-order valence-electron chi connectivity index (χ0n) is 9.87. The number of nitrogens with zero attached hydrogens (tertiary/aromatic N) is 1. The van der Waals surface area contributed by atoms with E-state index >= 15 is 0 Å². The number of primary amides is 1. The Morgan fingerprint density at radius 2 is 2.00 bits per heavy atom. The van der Waals surface area contributed by atoms with Crippen molar-refractivity contribution in [2.45, 2.75) is 25.7 Å². The van der Waals surface area contributed by atoms with Crippen LogP contribution in [0.5, 0.6) is 0 Å². The highest BCUT2D eigenvalue weighted by molar-refractivity contribution is 5.83. The SMILES string of the molecule is CN(CC(N)=O)C(=O)CCC1CCNCC1. The number of hydrogen-bond acceptors (Lipinski definition) is 3. The van der Waals surface area contributed by atoms with Crippen LogP contribution in [0.4, 0.5) is 0 Å². The Kier molecular flexibility index (Phi) is 5.25. The predicted octanol–water partition coefficient (Wildman–Crippen LogP) is -0.290. The van der Waals surface area contributed by atoms with Crippen LogP contribution in [0.25, 0.3) is 0 Å². The molecule has 5 nitrogen and oxygen atoms in total. The molecule has 0 atom stereocenters. The lowest BCUT2D eigenvalue weighted by Gasteiger charge is -2.23. The molecule has 3 N–H and O–H groups in total. The van der Waals surface area contributed by atoms with E-state index in [9.17, 15) is 9.59 Å². The lowest BCUT2D eigenvalue weighted by atomic mass is 9.93. The van der Waals surface area contributed by atoms with E-state index in [1.54, 1.807) is 7.05 Å². The maximum atomic E-state index is 11.6. The van der Waals surface area contributed by atoms with E-state index in [4.69, 9.17) is 5.73 Å². The molecule has 1 rings (SSSR count). The largest absolute Gasteiger partial charge is 0.368 e. The first kappa shape index (κ1) is 13.0. The van der Waals surface area contributed by atoms with Crippen molar-refractivity contribution in [2.75, 3.05) is 26.7 Å². The van der Waals surface area contributed by atoms with Crippen molar-refractivity contribution in [1.82, 2.24) is 10.2 Å². The van der Waals surface area contributed by atoms with Crippen LogP contribution in [-0.2, 0) is 9.59 Å². The molecular formula is C11H21N3O2. The molecule has 1 fully saturated rings. The van der Waals surface area contributed by atoms with E-state index in [-0.39, 0.29) is 12.5 Å². The molecule has 0 spiro atoms. The van der Waals surface area contributed by atoms with Gasteiger partial charge in [-0.05, 0) is 38.3 Å². The topological polar surface area (TPSA) is 75.4 Å². The monoisotopic (exact) mass is 227 g/mol. The molecule has 1 aliphatic heterocycles. The number of carbonyl (C=O) groups excluding carboxylic acids is 2. The first-order chi connectivity index (χ1) is 7.59. The average molecular weight is 227 g/mol. The van der Waals surface area contributed by atoms with Gasteiger partial charge in [-0.25, -0.2) is 0 Å². The molecule has 0 saturated carbocycles.